The van der Waals surface area contributed by atoms with Crippen LogP contribution in [0.15, 0.2) is 15.8 Å². The van der Waals surface area contributed by atoms with Crippen LogP contribution in [0.4, 0.5) is 0 Å². The van der Waals surface area contributed by atoms with Crippen LogP contribution in [0.25, 0.3) is 0 Å². The topological polar surface area (TPSA) is 121 Å². The van der Waals surface area contributed by atoms with Crippen molar-refractivity contribution in [1.29, 1.82) is 0 Å². The SMILES string of the molecule is C[C@H](NC(=O)c1c[nH]c(=O)[nH]c1=O)C(=O)OC(C)(C)C. The first-order valence-electron chi connectivity index (χ1n) is 5.96. The fourth-order valence-corrected chi connectivity index (χ4v) is 1.30. The highest BCUT2D eigenvalue weighted by Crippen LogP contribution is 2.08. The minimum atomic E-state index is -0.923. The Morgan fingerprint density at radius 3 is 2.40 bits per heavy atom. The molecule has 1 aromatic rings. The molecule has 0 aliphatic heterocycles. The molecule has 0 aliphatic carbocycles. The van der Waals surface area contributed by atoms with E-state index in [1.165, 1.54) is 6.92 Å². The van der Waals surface area contributed by atoms with Crippen molar-refractivity contribution in [2.24, 2.45) is 0 Å². The summed E-state index contributed by atoms with van der Waals surface area (Å²) in [7, 11) is 0. The van der Waals surface area contributed by atoms with Gasteiger partial charge in [-0.3, -0.25) is 14.6 Å². The molecule has 0 radical (unpaired) electrons. The molecule has 0 aromatic carbocycles. The second kappa shape index (κ2) is 5.72. The van der Waals surface area contributed by atoms with Gasteiger partial charge >= 0.3 is 11.7 Å². The van der Waals surface area contributed by atoms with Gasteiger partial charge in [0.15, 0.2) is 0 Å². The second-order valence-electron chi connectivity index (χ2n) is 5.21. The normalized spacial score (nSPS) is 12.6. The van der Waals surface area contributed by atoms with Crippen LogP contribution in [0.2, 0.25) is 0 Å². The molecular formula is C12H17N3O5. The molecule has 1 amide bonds. The molecule has 0 fully saturated rings. The standard InChI is InChI=1S/C12H17N3O5/c1-6(10(18)20-12(2,3)4)14-8(16)7-5-13-11(19)15-9(7)17/h5-6H,1-4H3,(H,14,16)(H2,13,15,17,19)/t6-/m0/s1. The third kappa shape index (κ3) is 4.38. The molecule has 0 unspecified atom stereocenters. The first-order valence-corrected chi connectivity index (χ1v) is 5.96. The van der Waals surface area contributed by atoms with Gasteiger partial charge < -0.3 is 15.0 Å². The van der Waals surface area contributed by atoms with E-state index in [0.29, 0.717) is 0 Å². The predicted octanol–water partition coefficient (Wildman–Crippen LogP) is -0.477. The van der Waals surface area contributed by atoms with Crippen LogP contribution in [0.5, 0.6) is 0 Å². The summed E-state index contributed by atoms with van der Waals surface area (Å²) in [5.41, 5.74) is -2.51. The zero-order valence-corrected chi connectivity index (χ0v) is 11.7. The number of carbonyl (C=O) groups is 2. The van der Waals surface area contributed by atoms with Gasteiger partial charge in [-0.1, -0.05) is 0 Å². The number of hydrogen-bond donors (Lipinski definition) is 3. The van der Waals surface area contributed by atoms with E-state index < -0.39 is 34.8 Å². The van der Waals surface area contributed by atoms with Crippen molar-refractivity contribution in [3.8, 4) is 0 Å². The Balaban J connectivity index is 2.78. The van der Waals surface area contributed by atoms with E-state index in [4.69, 9.17) is 4.74 Å². The number of aromatic amines is 2. The van der Waals surface area contributed by atoms with Gasteiger partial charge in [0.1, 0.15) is 17.2 Å². The maximum atomic E-state index is 11.8. The van der Waals surface area contributed by atoms with Crippen LogP contribution < -0.4 is 16.6 Å². The van der Waals surface area contributed by atoms with Crippen molar-refractivity contribution in [2.45, 2.75) is 39.3 Å². The van der Waals surface area contributed by atoms with E-state index in [1.54, 1.807) is 20.8 Å². The Labute approximate surface area is 114 Å². The highest BCUT2D eigenvalue weighted by molar-refractivity contribution is 5.96. The van der Waals surface area contributed by atoms with Crippen molar-refractivity contribution in [1.82, 2.24) is 15.3 Å². The van der Waals surface area contributed by atoms with Crippen molar-refractivity contribution < 1.29 is 14.3 Å². The van der Waals surface area contributed by atoms with Crippen molar-refractivity contribution in [2.75, 3.05) is 0 Å². The average molecular weight is 283 g/mol. The largest absolute Gasteiger partial charge is 0.458 e. The summed E-state index contributed by atoms with van der Waals surface area (Å²) in [6.07, 6.45) is 0.984. The quantitative estimate of drug-likeness (QED) is 0.647. The number of amides is 1. The van der Waals surface area contributed by atoms with Crippen molar-refractivity contribution in [3.63, 3.8) is 0 Å². The minimum Gasteiger partial charge on any atom is -0.458 e. The summed E-state index contributed by atoms with van der Waals surface area (Å²) in [4.78, 5) is 49.8. The van der Waals surface area contributed by atoms with Gasteiger partial charge in [-0.15, -0.1) is 0 Å². The number of aromatic nitrogens is 2. The first-order chi connectivity index (χ1) is 9.10. The van der Waals surface area contributed by atoms with Crippen LogP contribution in [-0.2, 0) is 9.53 Å². The Hall–Kier alpha value is -2.38. The molecule has 0 aliphatic rings. The number of esters is 1. The maximum absolute atomic E-state index is 11.8. The Kier molecular flexibility index (Phi) is 4.49. The van der Waals surface area contributed by atoms with Gasteiger partial charge in [-0.25, -0.2) is 9.59 Å². The van der Waals surface area contributed by atoms with Gasteiger partial charge in [0, 0.05) is 6.20 Å². The molecule has 1 aromatic heterocycles. The third-order valence-electron chi connectivity index (χ3n) is 2.17. The van der Waals surface area contributed by atoms with E-state index >= 15 is 0 Å². The summed E-state index contributed by atoms with van der Waals surface area (Å²) in [6.45, 7) is 6.54. The number of nitrogens with one attached hydrogen (secondary N) is 3. The lowest BCUT2D eigenvalue weighted by atomic mass is 10.2. The van der Waals surface area contributed by atoms with Crippen LogP contribution in [0.3, 0.4) is 0 Å². The molecule has 0 saturated heterocycles. The molecule has 20 heavy (non-hydrogen) atoms. The highest BCUT2D eigenvalue weighted by atomic mass is 16.6. The zero-order valence-electron chi connectivity index (χ0n) is 11.7. The van der Waals surface area contributed by atoms with Gasteiger partial charge in [0.05, 0.1) is 0 Å². The molecule has 8 heteroatoms. The summed E-state index contributed by atoms with van der Waals surface area (Å²) < 4.78 is 5.09. The summed E-state index contributed by atoms with van der Waals surface area (Å²) in [6, 6.07) is -0.923. The number of carbonyl (C=O) groups excluding carboxylic acids is 2. The molecule has 3 N–H and O–H groups in total. The van der Waals surface area contributed by atoms with Crippen molar-refractivity contribution >= 4 is 11.9 Å². The highest BCUT2D eigenvalue weighted by Gasteiger charge is 2.24. The minimum absolute atomic E-state index is 0.292. The Morgan fingerprint density at radius 2 is 1.90 bits per heavy atom. The van der Waals surface area contributed by atoms with E-state index in [1.807, 2.05) is 4.98 Å². The second-order valence-corrected chi connectivity index (χ2v) is 5.21. The van der Waals surface area contributed by atoms with E-state index in [0.717, 1.165) is 6.20 Å². The fourth-order valence-electron chi connectivity index (χ4n) is 1.30. The van der Waals surface area contributed by atoms with E-state index in [-0.39, 0.29) is 5.56 Å². The molecule has 1 rings (SSSR count). The lowest BCUT2D eigenvalue weighted by molar-refractivity contribution is -0.156. The average Bonchev–Trinajstić information content (AvgIpc) is 2.26. The molecule has 0 bridgehead atoms. The van der Waals surface area contributed by atoms with Gasteiger partial charge in [-0.05, 0) is 27.7 Å². The van der Waals surface area contributed by atoms with Gasteiger partial charge in [0.25, 0.3) is 11.5 Å². The smallest absolute Gasteiger partial charge is 0.328 e. The summed E-state index contributed by atoms with van der Waals surface area (Å²) >= 11 is 0. The number of H-pyrrole nitrogens is 2. The number of ether oxygens (including phenoxy) is 1. The number of rotatable bonds is 3. The van der Waals surface area contributed by atoms with Crippen LogP contribution in [0.1, 0.15) is 38.1 Å². The third-order valence-corrected chi connectivity index (χ3v) is 2.17. The fraction of sp³-hybridized carbons (Fsp3) is 0.500. The molecular weight excluding hydrogens is 266 g/mol. The Bertz CT molecular complexity index is 623. The first kappa shape index (κ1) is 15.7. The van der Waals surface area contributed by atoms with Crippen molar-refractivity contribution in [3.05, 3.63) is 32.6 Å². The van der Waals surface area contributed by atoms with Gasteiger partial charge in [-0.2, -0.15) is 0 Å². The summed E-state index contributed by atoms with van der Waals surface area (Å²) in [5, 5.41) is 2.32. The van der Waals surface area contributed by atoms with Crippen LogP contribution >= 0.6 is 0 Å². The Morgan fingerprint density at radius 1 is 1.30 bits per heavy atom. The monoisotopic (exact) mass is 283 g/mol. The molecule has 1 heterocycles. The van der Waals surface area contributed by atoms with Crippen LogP contribution in [-0.4, -0.2) is 33.5 Å². The van der Waals surface area contributed by atoms with Gasteiger partial charge in [0.2, 0.25) is 0 Å². The predicted molar refractivity (Wildman–Crippen MR) is 70.5 cm³/mol. The molecule has 0 saturated carbocycles. The lowest BCUT2D eigenvalue weighted by Crippen LogP contribution is -2.44. The molecule has 1 atom stereocenters. The number of hydrogen-bond acceptors (Lipinski definition) is 5. The lowest BCUT2D eigenvalue weighted by Gasteiger charge is -2.22. The van der Waals surface area contributed by atoms with E-state index in [9.17, 15) is 19.2 Å². The molecule has 0 spiro atoms. The van der Waals surface area contributed by atoms with E-state index in [2.05, 4.69) is 10.3 Å². The molecule has 110 valence electrons. The molecule has 8 nitrogen and oxygen atoms in total. The zero-order chi connectivity index (χ0) is 15.5. The summed E-state index contributed by atoms with van der Waals surface area (Å²) in [5.74, 6) is -1.40. The van der Waals surface area contributed by atoms with Crippen LogP contribution in [0, 0.1) is 0 Å². The maximum Gasteiger partial charge on any atom is 0.328 e.